The molecule has 0 rings (SSSR count). The van der Waals surface area contributed by atoms with Gasteiger partial charge in [-0.3, -0.25) is 18.6 Å². The molecule has 234 valence electrons. The Bertz CT molecular complexity index is 728. The van der Waals surface area contributed by atoms with Gasteiger partial charge in [0.15, 0.2) is 0 Å². The molecule has 0 heterocycles. The summed E-state index contributed by atoms with van der Waals surface area (Å²) in [6, 6.07) is 0. The molecule has 0 fully saturated rings. The van der Waals surface area contributed by atoms with Crippen molar-refractivity contribution in [1.29, 1.82) is 0 Å². The number of unbranched alkanes of at least 4 members (excludes halogenated alkanes) is 11. The molecular formula is C30H56NO8P. The maximum atomic E-state index is 11.9. The number of hydrogen-bond acceptors (Lipinski definition) is 7. The first kappa shape index (κ1) is 38.5. The Kier molecular flexibility index (Phi) is 26.6. The molecule has 0 aromatic heterocycles. The minimum absolute atomic E-state index is 0.0766. The van der Waals surface area contributed by atoms with Crippen LogP contribution in [-0.2, 0) is 27.9 Å². The fourth-order valence-electron chi connectivity index (χ4n) is 3.76. The average Bonchev–Trinajstić information content (AvgIpc) is 2.93. The van der Waals surface area contributed by atoms with E-state index in [0.717, 1.165) is 64.2 Å². The van der Waals surface area contributed by atoms with Crippen LogP contribution in [0.5, 0.6) is 0 Å². The standard InChI is InChI=1S/C30H56NO8P/c1-3-5-7-8-9-10-11-12-13-14-15-16-17-18-19-21-23-30(34)37-26-28(32)27-39-40(35,36)38-25-24-31-29(33)22-20-6-4-2/h10-11,13-14,28,32H,3-9,12,15-27H2,1-2H3,(H,31,33)(H,35,36)/b11-10-,14-13-. The van der Waals surface area contributed by atoms with Crippen LogP contribution in [0.2, 0.25) is 0 Å². The van der Waals surface area contributed by atoms with E-state index in [2.05, 4.69) is 36.5 Å². The highest BCUT2D eigenvalue weighted by atomic mass is 31.2. The second-order valence-corrected chi connectivity index (χ2v) is 11.5. The second kappa shape index (κ2) is 27.6. The molecule has 10 heteroatoms. The number of rotatable bonds is 28. The highest BCUT2D eigenvalue weighted by Crippen LogP contribution is 2.42. The third-order valence-electron chi connectivity index (χ3n) is 6.13. The van der Waals surface area contributed by atoms with Crippen molar-refractivity contribution in [2.24, 2.45) is 0 Å². The Morgan fingerprint density at radius 1 is 0.775 bits per heavy atom. The Hall–Kier alpha value is -1.51. The van der Waals surface area contributed by atoms with E-state index >= 15 is 0 Å². The molecule has 0 spiro atoms. The van der Waals surface area contributed by atoms with Crippen LogP contribution in [0.3, 0.4) is 0 Å². The third-order valence-corrected chi connectivity index (χ3v) is 7.12. The summed E-state index contributed by atoms with van der Waals surface area (Å²) in [5.74, 6) is -0.559. The highest BCUT2D eigenvalue weighted by molar-refractivity contribution is 7.47. The van der Waals surface area contributed by atoms with Crippen LogP contribution < -0.4 is 5.32 Å². The van der Waals surface area contributed by atoms with Crippen LogP contribution in [0, 0.1) is 0 Å². The smallest absolute Gasteiger partial charge is 0.463 e. The lowest BCUT2D eigenvalue weighted by atomic mass is 10.1. The van der Waals surface area contributed by atoms with Crippen molar-refractivity contribution in [3.63, 3.8) is 0 Å². The van der Waals surface area contributed by atoms with Gasteiger partial charge in [-0.1, -0.05) is 89.5 Å². The quantitative estimate of drug-likeness (QED) is 0.0388. The van der Waals surface area contributed by atoms with Gasteiger partial charge in [0.1, 0.15) is 12.7 Å². The van der Waals surface area contributed by atoms with Crippen LogP contribution >= 0.6 is 7.82 Å². The van der Waals surface area contributed by atoms with Crippen LogP contribution in [-0.4, -0.2) is 54.3 Å². The fraction of sp³-hybridized carbons (Fsp3) is 0.800. The Morgan fingerprint density at radius 2 is 1.35 bits per heavy atom. The van der Waals surface area contributed by atoms with E-state index in [-0.39, 0.29) is 32.1 Å². The molecule has 0 aliphatic rings. The summed E-state index contributed by atoms with van der Waals surface area (Å²) >= 11 is 0. The van der Waals surface area contributed by atoms with E-state index in [1.165, 1.54) is 32.1 Å². The number of hydrogen-bond donors (Lipinski definition) is 3. The molecule has 0 aromatic carbocycles. The summed E-state index contributed by atoms with van der Waals surface area (Å²) in [6.45, 7) is 3.31. The van der Waals surface area contributed by atoms with Gasteiger partial charge in [0.05, 0.1) is 13.2 Å². The predicted molar refractivity (Wildman–Crippen MR) is 160 cm³/mol. The lowest BCUT2D eigenvalue weighted by Gasteiger charge is -2.15. The van der Waals surface area contributed by atoms with Crippen molar-refractivity contribution >= 4 is 19.7 Å². The largest absolute Gasteiger partial charge is 0.472 e. The first-order valence-corrected chi connectivity index (χ1v) is 16.8. The number of aliphatic hydroxyl groups excluding tert-OH is 1. The fourth-order valence-corrected chi connectivity index (χ4v) is 4.52. The Balaban J connectivity index is 3.66. The van der Waals surface area contributed by atoms with E-state index in [1.807, 2.05) is 6.92 Å². The topological polar surface area (TPSA) is 131 Å². The first-order chi connectivity index (χ1) is 19.3. The monoisotopic (exact) mass is 589 g/mol. The molecule has 3 N–H and O–H groups in total. The SMILES string of the molecule is CCCCCC/C=C\C/C=C\CCCCCCCC(=O)OCC(O)COP(=O)(O)OCCNC(=O)CCCCC. The van der Waals surface area contributed by atoms with Crippen LogP contribution in [0.25, 0.3) is 0 Å². The van der Waals surface area contributed by atoms with Crippen molar-refractivity contribution in [3.8, 4) is 0 Å². The summed E-state index contributed by atoms with van der Waals surface area (Å²) in [7, 11) is -4.39. The molecule has 2 atom stereocenters. The van der Waals surface area contributed by atoms with Gasteiger partial charge in [0, 0.05) is 19.4 Å². The van der Waals surface area contributed by atoms with Gasteiger partial charge in [-0.05, 0) is 44.9 Å². The second-order valence-electron chi connectivity index (χ2n) is 10.1. The van der Waals surface area contributed by atoms with Gasteiger partial charge in [-0.2, -0.15) is 0 Å². The van der Waals surface area contributed by atoms with Gasteiger partial charge >= 0.3 is 13.8 Å². The highest BCUT2D eigenvalue weighted by Gasteiger charge is 2.23. The zero-order valence-electron chi connectivity index (χ0n) is 25.0. The maximum Gasteiger partial charge on any atom is 0.472 e. The molecule has 0 aliphatic carbocycles. The zero-order valence-corrected chi connectivity index (χ0v) is 25.9. The van der Waals surface area contributed by atoms with Gasteiger partial charge in [0.25, 0.3) is 0 Å². The number of carbonyl (C=O) groups is 2. The molecule has 0 saturated carbocycles. The van der Waals surface area contributed by atoms with Crippen molar-refractivity contribution in [2.75, 3.05) is 26.4 Å². The van der Waals surface area contributed by atoms with E-state index in [1.54, 1.807) is 0 Å². The van der Waals surface area contributed by atoms with Gasteiger partial charge in [-0.15, -0.1) is 0 Å². The first-order valence-electron chi connectivity index (χ1n) is 15.3. The minimum Gasteiger partial charge on any atom is -0.463 e. The zero-order chi connectivity index (χ0) is 29.7. The average molecular weight is 590 g/mol. The summed E-state index contributed by atoms with van der Waals surface area (Å²) < 4.78 is 26.4. The van der Waals surface area contributed by atoms with Crippen molar-refractivity contribution in [1.82, 2.24) is 5.32 Å². The third kappa shape index (κ3) is 28.0. The Labute approximate surface area is 242 Å². The molecule has 2 unspecified atom stereocenters. The molecule has 0 saturated heterocycles. The van der Waals surface area contributed by atoms with Gasteiger partial charge in [-0.25, -0.2) is 4.57 Å². The van der Waals surface area contributed by atoms with Crippen molar-refractivity contribution in [3.05, 3.63) is 24.3 Å². The van der Waals surface area contributed by atoms with Crippen LogP contribution in [0.1, 0.15) is 123 Å². The Morgan fingerprint density at radius 3 is 2.02 bits per heavy atom. The number of esters is 1. The summed E-state index contributed by atoms with van der Waals surface area (Å²) in [5, 5.41) is 12.5. The summed E-state index contributed by atoms with van der Waals surface area (Å²) in [4.78, 5) is 33.1. The number of amides is 1. The van der Waals surface area contributed by atoms with E-state index in [4.69, 9.17) is 13.8 Å². The van der Waals surface area contributed by atoms with E-state index in [0.29, 0.717) is 6.42 Å². The molecule has 0 aliphatic heterocycles. The van der Waals surface area contributed by atoms with Crippen LogP contribution in [0.15, 0.2) is 24.3 Å². The number of aliphatic hydroxyl groups is 1. The molecule has 0 aromatic rings. The number of phosphoric acid groups is 1. The summed E-state index contributed by atoms with van der Waals surface area (Å²) in [6.07, 6.45) is 24.7. The van der Waals surface area contributed by atoms with Crippen molar-refractivity contribution in [2.45, 2.75) is 129 Å². The number of nitrogens with one attached hydrogen (secondary N) is 1. The molecule has 40 heavy (non-hydrogen) atoms. The number of phosphoric ester groups is 1. The predicted octanol–water partition coefficient (Wildman–Crippen LogP) is 6.92. The molecule has 9 nitrogen and oxygen atoms in total. The molecule has 1 amide bonds. The minimum atomic E-state index is -4.39. The van der Waals surface area contributed by atoms with E-state index in [9.17, 15) is 24.2 Å². The molecule has 0 bridgehead atoms. The van der Waals surface area contributed by atoms with E-state index < -0.39 is 26.5 Å². The van der Waals surface area contributed by atoms with Gasteiger partial charge < -0.3 is 20.1 Å². The number of ether oxygens (including phenoxy) is 1. The maximum absolute atomic E-state index is 11.9. The van der Waals surface area contributed by atoms with Crippen molar-refractivity contribution < 1.29 is 37.9 Å². The molecule has 0 radical (unpaired) electrons. The number of allylic oxidation sites excluding steroid dienone is 4. The lowest BCUT2D eigenvalue weighted by molar-refractivity contribution is -0.147. The lowest BCUT2D eigenvalue weighted by Crippen LogP contribution is -2.27. The molecular weight excluding hydrogens is 533 g/mol. The summed E-state index contributed by atoms with van der Waals surface area (Å²) in [5.41, 5.74) is 0. The number of carbonyl (C=O) groups excluding carboxylic acids is 2. The normalized spacial score (nSPS) is 14.0. The van der Waals surface area contributed by atoms with Gasteiger partial charge in [0.2, 0.25) is 5.91 Å². The van der Waals surface area contributed by atoms with Crippen LogP contribution in [0.4, 0.5) is 0 Å².